The summed E-state index contributed by atoms with van der Waals surface area (Å²) in [6.07, 6.45) is 2.26. The molecule has 13 heavy (non-hydrogen) atoms. The highest BCUT2D eigenvalue weighted by molar-refractivity contribution is 8.17. The first kappa shape index (κ1) is 8.69. The first-order valence-corrected chi connectivity index (χ1v) is 5.07. The van der Waals surface area contributed by atoms with E-state index in [4.69, 9.17) is 0 Å². The first-order chi connectivity index (χ1) is 6.24. The molecule has 0 aromatic rings. The van der Waals surface area contributed by atoms with Gasteiger partial charge in [0.1, 0.15) is 12.3 Å². The fourth-order valence-corrected chi connectivity index (χ4v) is 2.83. The molecule has 0 aromatic heterocycles. The molecule has 2 aliphatic heterocycles. The number of hydrogen-bond acceptors (Lipinski definition) is 3. The molecule has 2 rings (SSSR count). The van der Waals surface area contributed by atoms with Crippen LogP contribution in [0.3, 0.4) is 0 Å². The van der Waals surface area contributed by atoms with Gasteiger partial charge < -0.3 is 0 Å². The van der Waals surface area contributed by atoms with E-state index in [2.05, 4.69) is 16.9 Å². The van der Waals surface area contributed by atoms with Crippen LogP contribution in [0.4, 0.5) is 0 Å². The molecule has 0 fully saturated rings. The summed E-state index contributed by atoms with van der Waals surface area (Å²) in [7, 11) is 0. The number of amides is 1. The Kier molecular flexibility index (Phi) is 2.07. The number of fused-ring (bicyclic) bond motifs is 1. The predicted octanol–water partition coefficient (Wildman–Crippen LogP) is 2.00. The van der Waals surface area contributed by atoms with E-state index in [1.807, 2.05) is 6.92 Å². The van der Waals surface area contributed by atoms with E-state index in [-0.39, 0.29) is 11.8 Å². The summed E-state index contributed by atoms with van der Waals surface area (Å²) in [6.45, 7) is 4.10. The Morgan fingerprint density at radius 1 is 1.62 bits per heavy atom. The minimum absolute atomic E-state index is 0.0637. The van der Waals surface area contributed by atoms with E-state index in [1.165, 1.54) is 16.8 Å². The summed E-state index contributed by atoms with van der Waals surface area (Å²) in [5.74, 6) is -0.216. The van der Waals surface area contributed by atoms with Crippen LogP contribution in [0.2, 0.25) is 0 Å². The minimum Gasteiger partial charge on any atom is -0.271 e. The highest BCUT2D eigenvalue weighted by Crippen LogP contribution is 2.40. The second-order valence-corrected chi connectivity index (χ2v) is 4.25. The lowest BCUT2D eigenvalue weighted by Crippen LogP contribution is -2.22. The second-order valence-electron chi connectivity index (χ2n) is 3.02. The Balaban J connectivity index is 2.42. The van der Waals surface area contributed by atoms with Crippen molar-refractivity contribution in [3.8, 4) is 0 Å². The average Bonchev–Trinajstić information content (AvgIpc) is 2.42. The lowest BCUT2D eigenvalue weighted by molar-refractivity contribution is -0.118. The fraction of sp³-hybridized carbons (Fsp3) is 0.444. The summed E-state index contributed by atoms with van der Waals surface area (Å²) in [5, 5.41) is 0.898. The number of carbonyl (C=O) groups excluding carboxylic acids is 1. The van der Waals surface area contributed by atoms with Crippen molar-refractivity contribution in [3.63, 3.8) is 0 Å². The van der Waals surface area contributed by atoms with E-state index < -0.39 is 0 Å². The molecular weight excluding hydrogens is 184 g/mol. The number of thioether (sulfide) groups is 1. The third-order valence-electron chi connectivity index (χ3n) is 2.30. The van der Waals surface area contributed by atoms with E-state index >= 15 is 0 Å². The van der Waals surface area contributed by atoms with Gasteiger partial charge in [0.2, 0.25) is 0 Å². The van der Waals surface area contributed by atoms with Crippen molar-refractivity contribution in [2.24, 2.45) is 15.9 Å². The van der Waals surface area contributed by atoms with Gasteiger partial charge in [-0.2, -0.15) is 0 Å². The molecule has 4 heteroatoms. The molecule has 2 aliphatic rings. The molecule has 0 saturated heterocycles. The molecule has 0 aromatic carbocycles. The highest BCUT2D eigenvalue weighted by atomic mass is 32.2. The highest BCUT2D eigenvalue weighted by Gasteiger charge is 2.36. The number of rotatable bonds is 1. The Morgan fingerprint density at radius 3 is 3.08 bits per heavy atom. The Bertz CT molecular complexity index is 355. The molecule has 68 valence electrons. The lowest BCUT2D eigenvalue weighted by atomic mass is 9.96. The molecule has 1 unspecified atom stereocenters. The van der Waals surface area contributed by atoms with Crippen LogP contribution in [0.15, 0.2) is 20.5 Å². The number of carbonyl (C=O) groups is 1. The smallest absolute Gasteiger partial charge is 0.261 e. The Labute approximate surface area is 81.0 Å². The van der Waals surface area contributed by atoms with Crippen molar-refractivity contribution in [2.75, 3.05) is 0 Å². The molecule has 0 saturated carbocycles. The van der Waals surface area contributed by atoms with Crippen molar-refractivity contribution in [1.29, 1.82) is 0 Å². The summed E-state index contributed by atoms with van der Waals surface area (Å²) in [5.41, 5.74) is 1.19. The summed E-state index contributed by atoms with van der Waals surface area (Å²) in [4.78, 5) is 20.5. The van der Waals surface area contributed by atoms with Crippen LogP contribution in [-0.2, 0) is 4.79 Å². The molecule has 0 bridgehead atoms. The Hall–Kier alpha value is -0.900. The topological polar surface area (TPSA) is 41.8 Å². The zero-order valence-electron chi connectivity index (χ0n) is 7.57. The molecule has 2 heterocycles. The van der Waals surface area contributed by atoms with Gasteiger partial charge >= 0.3 is 0 Å². The van der Waals surface area contributed by atoms with Gasteiger partial charge in [-0.25, -0.2) is 9.98 Å². The van der Waals surface area contributed by atoms with E-state index in [0.29, 0.717) is 0 Å². The van der Waals surface area contributed by atoms with Crippen LogP contribution in [0.1, 0.15) is 20.3 Å². The maximum atomic E-state index is 11.5. The van der Waals surface area contributed by atoms with Gasteiger partial charge in [0.05, 0.1) is 5.04 Å². The van der Waals surface area contributed by atoms with E-state index in [9.17, 15) is 4.79 Å². The zero-order chi connectivity index (χ0) is 9.42. The van der Waals surface area contributed by atoms with Crippen LogP contribution >= 0.6 is 11.8 Å². The quantitative estimate of drug-likeness (QED) is 0.640. The minimum atomic E-state index is -0.153. The van der Waals surface area contributed by atoms with Crippen LogP contribution in [0, 0.1) is 5.92 Å². The van der Waals surface area contributed by atoms with Gasteiger partial charge in [-0.15, -0.1) is 0 Å². The molecule has 1 atom stereocenters. The van der Waals surface area contributed by atoms with Crippen LogP contribution in [0.25, 0.3) is 0 Å². The Morgan fingerprint density at radius 2 is 2.38 bits per heavy atom. The van der Waals surface area contributed by atoms with Crippen molar-refractivity contribution in [2.45, 2.75) is 20.3 Å². The summed E-state index contributed by atoms with van der Waals surface area (Å²) in [6, 6.07) is 0. The van der Waals surface area contributed by atoms with Gasteiger partial charge in [0.25, 0.3) is 5.91 Å². The van der Waals surface area contributed by atoms with Crippen LogP contribution in [0.5, 0.6) is 0 Å². The average molecular weight is 194 g/mol. The standard InChI is InChI=1S/C9H10N2OS/c1-3-6-5(2)13-9-7(6)8(12)10-4-11-9/h4,7H,3H2,1-2H3. The first-order valence-electron chi connectivity index (χ1n) is 4.25. The maximum absolute atomic E-state index is 11.5. The lowest BCUT2D eigenvalue weighted by Gasteiger charge is -2.11. The molecule has 1 amide bonds. The molecule has 0 aliphatic carbocycles. The number of aliphatic imine (C=N–C) groups is 2. The third-order valence-corrected chi connectivity index (χ3v) is 3.42. The zero-order valence-corrected chi connectivity index (χ0v) is 8.39. The van der Waals surface area contributed by atoms with Crippen LogP contribution in [-0.4, -0.2) is 17.3 Å². The van der Waals surface area contributed by atoms with Gasteiger partial charge in [-0.05, 0) is 23.8 Å². The number of nitrogens with zero attached hydrogens (tertiary/aromatic N) is 2. The SMILES string of the molecule is CCC1=C(C)SC2=NC=NC(=O)C21. The summed E-state index contributed by atoms with van der Waals surface area (Å²) < 4.78 is 0. The van der Waals surface area contributed by atoms with Crippen LogP contribution < -0.4 is 0 Å². The molecule has 3 nitrogen and oxygen atoms in total. The van der Waals surface area contributed by atoms with Crippen molar-refractivity contribution >= 4 is 29.1 Å². The third kappa shape index (κ3) is 1.25. The summed E-state index contributed by atoms with van der Waals surface area (Å²) >= 11 is 1.60. The molecule has 0 N–H and O–H groups in total. The number of allylic oxidation sites excluding steroid dienone is 1. The van der Waals surface area contributed by atoms with Crippen molar-refractivity contribution in [3.05, 3.63) is 10.5 Å². The van der Waals surface area contributed by atoms with Gasteiger partial charge in [0.15, 0.2) is 0 Å². The monoisotopic (exact) mass is 194 g/mol. The fourth-order valence-electron chi connectivity index (χ4n) is 1.66. The largest absolute Gasteiger partial charge is 0.271 e. The molecular formula is C9H10N2OS. The second kappa shape index (κ2) is 3.10. The van der Waals surface area contributed by atoms with Gasteiger partial charge in [-0.1, -0.05) is 18.7 Å². The van der Waals surface area contributed by atoms with Crippen molar-refractivity contribution < 1.29 is 4.79 Å². The van der Waals surface area contributed by atoms with Gasteiger partial charge in [-0.3, -0.25) is 4.79 Å². The molecule has 0 spiro atoms. The van der Waals surface area contributed by atoms with E-state index in [1.54, 1.807) is 11.8 Å². The van der Waals surface area contributed by atoms with E-state index in [0.717, 1.165) is 11.5 Å². The number of hydrogen-bond donors (Lipinski definition) is 0. The predicted molar refractivity (Wildman–Crippen MR) is 55.0 cm³/mol. The normalized spacial score (nSPS) is 26.5. The molecule has 0 radical (unpaired) electrons. The van der Waals surface area contributed by atoms with Gasteiger partial charge in [0, 0.05) is 0 Å². The van der Waals surface area contributed by atoms with Crippen molar-refractivity contribution in [1.82, 2.24) is 0 Å². The maximum Gasteiger partial charge on any atom is 0.261 e.